The van der Waals surface area contributed by atoms with Crippen molar-refractivity contribution in [3.63, 3.8) is 0 Å². The molecule has 0 saturated carbocycles. The lowest BCUT2D eigenvalue weighted by Crippen LogP contribution is -2.38. The van der Waals surface area contributed by atoms with Crippen LogP contribution >= 0.6 is 11.6 Å². The average Bonchev–Trinajstić information content (AvgIpc) is 2.82. The first-order valence-corrected chi connectivity index (χ1v) is 6.69. The second-order valence-electron chi connectivity index (χ2n) is 4.78. The molecule has 0 spiro atoms. The van der Waals surface area contributed by atoms with Crippen molar-refractivity contribution in [1.82, 2.24) is 4.90 Å². The Labute approximate surface area is 116 Å². The van der Waals surface area contributed by atoms with E-state index in [1.807, 2.05) is 0 Å². The normalized spacial score (nSPS) is 16.6. The summed E-state index contributed by atoms with van der Waals surface area (Å²) < 4.78 is 4.92. The Balaban J connectivity index is 1.85. The molecule has 104 valence electrons. The zero-order chi connectivity index (χ0) is 13.8. The van der Waals surface area contributed by atoms with Crippen LogP contribution in [0, 0.1) is 5.92 Å². The molecule has 1 fully saturated rings. The third-order valence-electron chi connectivity index (χ3n) is 3.52. The summed E-state index contributed by atoms with van der Waals surface area (Å²) in [5.74, 6) is -0.487. The molecule has 1 aliphatic heterocycles. The second-order valence-corrected chi connectivity index (χ2v) is 5.12. The first kappa shape index (κ1) is 13.9. The maximum absolute atomic E-state index is 12.1. The predicted octanol–water partition coefficient (Wildman–Crippen LogP) is 2.65. The number of likely N-dealkylation sites (tertiary alicyclic amines) is 1. The predicted molar refractivity (Wildman–Crippen MR) is 69.2 cm³/mol. The summed E-state index contributed by atoms with van der Waals surface area (Å²) in [5, 5.41) is 8.77. The zero-order valence-corrected chi connectivity index (χ0v) is 11.2. The molecule has 1 aromatic heterocycles. The molecule has 1 N–H and O–H groups in total. The van der Waals surface area contributed by atoms with Crippen LogP contribution in [-0.4, -0.2) is 35.0 Å². The molecule has 1 aliphatic rings. The van der Waals surface area contributed by atoms with Gasteiger partial charge in [0.2, 0.25) is 5.22 Å². The van der Waals surface area contributed by atoms with Gasteiger partial charge in [-0.25, -0.2) is 0 Å². The minimum absolute atomic E-state index is 0.115. The molecule has 19 heavy (non-hydrogen) atoms. The molecule has 5 nitrogen and oxygen atoms in total. The third-order valence-corrected chi connectivity index (χ3v) is 3.81. The second kappa shape index (κ2) is 6.10. The average molecular weight is 286 g/mol. The lowest BCUT2D eigenvalue weighted by Gasteiger charge is -2.31. The summed E-state index contributed by atoms with van der Waals surface area (Å²) in [6.07, 6.45) is 3.97. The molecule has 0 bridgehead atoms. The first-order valence-electron chi connectivity index (χ1n) is 6.32. The number of carboxylic acids is 1. The number of aliphatic carboxylic acids is 1. The van der Waals surface area contributed by atoms with Gasteiger partial charge in [0.05, 0.1) is 11.8 Å². The number of furan rings is 1. The number of halogens is 1. The van der Waals surface area contributed by atoms with Gasteiger partial charge in [0, 0.05) is 19.5 Å². The van der Waals surface area contributed by atoms with Gasteiger partial charge in [0.15, 0.2) is 0 Å². The molecular formula is C13H16ClNO4. The van der Waals surface area contributed by atoms with E-state index < -0.39 is 5.97 Å². The van der Waals surface area contributed by atoms with Crippen LogP contribution in [0.1, 0.15) is 36.0 Å². The van der Waals surface area contributed by atoms with E-state index in [0.29, 0.717) is 31.0 Å². The van der Waals surface area contributed by atoms with Gasteiger partial charge >= 0.3 is 5.97 Å². The van der Waals surface area contributed by atoms with Crippen molar-refractivity contribution in [2.45, 2.75) is 25.7 Å². The number of hydrogen-bond donors (Lipinski definition) is 1. The molecule has 0 aromatic carbocycles. The molecule has 2 heterocycles. The maximum Gasteiger partial charge on any atom is 0.303 e. The van der Waals surface area contributed by atoms with Crippen molar-refractivity contribution in [1.29, 1.82) is 0 Å². The van der Waals surface area contributed by atoms with E-state index in [9.17, 15) is 9.59 Å². The van der Waals surface area contributed by atoms with Crippen LogP contribution in [0.5, 0.6) is 0 Å². The zero-order valence-electron chi connectivity index (χ0n) is 10.5. The number of carbonyl (C=O) groups excluding carboxylic acids is 1. The minimum Gasteiger partial charge on any atom is -0.481 e. The van der Waals surface area contributed by atoms with Crippen molar-refractivity contribution < 1.29 is 19.1 Å². The summed E-state index contributed by atoms with van der Waals surface area (Å²) in [6.45, 7) is 1.29. The van der Waals surface area contributed by atoms with Crippen LogP contribution in [0.15, 0.2) is 16.7 Å². The Hall–Kier alpha value is -1.49. The Morgan fingerprint density at radius 1 is 1.42 bits per heavy atom. The Morgan fingerprint density at radius 3 is 2.63 bits per heavy atom. The van der Waals surface area contributed by atoms with Crippen molar-refractivity contribution in [2.24, 2.45) is 5.92 Å². The van der Waals surface area contributed by atoms with Crippen LogP contribution in [-0.2, 0) is 4.79 Å². The fourth-order valence-electron chi connectivity index (χ4n) is 2.37. The van der Waals surface area contributed by atoms with E-state index in [-0.39, 0.29) is 17.5 Å². The topological polar surface area (TPSA) is 70.8 Å². The molecule has 0 atom stereocenters. The highest BCUT2D eigenvalue weighted by molar-refractivity contribution is 6.32. The number of amides is 1. The molecule has 1 aromatic rings. The van der Waals surface area contributed by atoms with Gasteiger partial charge in [-0.05, 0) is 42.8 Å². The number of nitrogens with zero attached hydrogens (tertiary/aromatic N) is 1. The number of rotatable bonds is 4. The van der Waals surface area contributed by atoms with Crippen molar-refractivity contribution >= 4 is 23.5 Å². The van der Waals surface area contributed by atoms with E-state index in [0.717, 1.165) is 12.8 Å². The van der Waals surface area contributed by atoms with Gasteiger partial charge in [-0.2, -0.15) is 0 Å². The summed E-state index contributed by atoms with van der Waals surface area (Å²) >= 11 is 5.79. The van der Waals surface area contributed by atoms with Crippen LogP contribution in [0.2, 0.25) is 5.22 Å². The monoisotopic (exact) mass is 285 g/mol. The van der Waals surface area contributed by atoms with Gasteiger partial charge in [0.25, 0.3) is 5.91 Å². The van der Waals surface area contributed by atoms with E-state index in [1.54, 1.807) is 11.0 Å². The summed E-state index contributed by atoms with van der Waals surface area (Å²) in [5.41, 5.74) is 0.394. The molecule has 1 saturated heterocycles. The highest BCUT2D eigenvalue weighted by Crippen LogP contribution is 2.25. The SMILES string of the molecule is O=C(O)CCC1CCN(C(=O)c2ccoc2Cl)CC1. The summed E-state index contributed by atoms with van der Waals surface area (Å²) in [4.78, 5) is 24.4. The minimum atomic E-state index is -0.760. The highest BCUT2D eigenvalue weighted by atomic mass is 35.5. The van der Waals surface area contributed by atoms with Gasteiger partial charge in [-0.1, -0.05) is 0 Å². The summed E-state index contributed by atoms with van der Waals surface area (Å²) in [7, 11) is 0. The highest BCUT2D eigenvalue weighted by Gasteiger charge is 2.25. The molecular weight excluding hydrogens is 270 g/mol. The first-order chi connectivity index (χ1) is 9.08. The standard InChI is InChI=1S/C13H16ClNO4/c14-12-10(5-8-19-12)13(18)15-6-3-9(4-7-15)1-2-11(16)17/h5,8-9H,1-4,6-7H2,(H,16,17). The van der Waals surface area contributed by atoms with Crippen LogP contribution in [0.4, 0.5) is 0 Å². The fraction of sp³-hybridized carbons (Fsp3) is 0.538. The van der Waals surface area contributed by atoms with E-state index >= 15 is 0 Å². The van der Waals surface area contributed by atoms with E-state index in [4.69, 9.17) is 21.1 Å². The van der Waals surface area contributed by atoms with Crippen molar-refractivity contribution in [2.75, 3.05) is 13.1 Å². The molecule has 0 aliphatic carbocycles. The van der Waals surface area contributed by atoms with E-state index in [2.05, 4.69) is 0 Å². The molecule has 6 heteroatoms. The van der Waals surface area contributed by atoms with Crippen LogP contribution < -0.4 is 0 Å². The number of hydrogen-bond acceptors (Lipinski definition) is 3. The Bertz CT molecular complexity index is 463. The van der Waals surface area contributed by atoms with E-state index in [1.165, 1.54) is 6.26 Å². The maximum atomic E-state index is 12.1. The largest absolute Gasteiger partial charge is 0.481 e. The lowest BCUT2D eigenvalue weighted by atomic mass is 9.92. The van der Waals surface area contributed by atoms with Gasteiger partial charge < -0.3 is 14.4 Å². The Kier molecular flexibility index (Phi) is 4.47. The molecule has 0 radical (unpaired) electrons. The number of carbonyl (C=O) groups is 2. The quantitative estimate of drug-likeness (QED) is 0.923. The molecule has 2 rings (SSSR count). The number of piperidine rings is 1. The molecule has 1 amide bonds. The fourth-order valence-corrected chi connectivity index (χ4v) is 2.56. The smallest absolute Gasteiger partial charge is 0.303 e. The van der Waals surface area contributed by atoms with Crippen molar-refractivity contribution in [3.05, 3.63) is 23.1 Å². The third kappa shape index (κ3) is 3.50. The van der Waals surface area contributed by atoms with Crippen molar-refractivity contribution in [3.8, 4) is 0 Å². The van der Waals surface area contributed by atoms with Crippen LogP contribution in [0.25, 0.3) is 0 Å². The Morgan fingerprint density at radius 2 is 2.11 bits per heavy atom. The van der Waals surface area contributed by atoms with Gasteiger partial charge in [-0.3, -0.25) is 9.59 Å². The summed E-state index contributed by atoms with van der Waals surface area (Å²) in [6, 6.07) is 1.57. The number of carboxylic acid groups (broad SMARTS) is 1. The molecule has 0 unspecified atom stereocenters. The van der Waals surface area contributed by atoms with Gasteiger partial charge in [-0.15, -0.1) is 0 Å². The van der Waals surface area contributed by atoms with Crippen LogP contribution in [0.3, 0.4) is 0 Å². The van der Waals surface area contributed by atoms with Gasteiger partial charge in [0.1, 0.15) is 0 Å². The lowest BCUT2D eigenvalue weighted by molar-refractivity contribution is -0.137.